The molecule has 0 spiro atoms. The Kier molecular flexibility index (Phi) is 4.85. The van der Waals surface area contributed by atoms with E-state index in [1.165, 1.54) is 11.1 Å². The zero-order chi connectivity index (χ0) is 16.2. The maximum Gasteiger partial charge on any atom is 0.410 e. The van der Waals surface area contributed by atoms with Gasteiger partial charge in [0, 0.05) is 25.0 Å². The van der Waals surface area contributed by atoms with Crippen LogP contribution in [0.4, 0.5) is 4.79 Å². The topological polar surface area (TPSA) is 72.0 Å². The Morgan fingerprint density at radius 2 is 2.35 bits per heavy atom. The predicted molar refractivity (Wildman–Crippen MR) is 82.4 cm³/mol. The molecule has 0 bridgehead atoms. The molecule has 0 aliphatic carbocycles. The van der Waals surface area contributed by atoms with Gasteiger partial charge in [0.2, 0.25) is 5.91 Å². The smallest absolute Gasteiger partial charge is 0.410 e. The van der Waals surface area contributed by atoms with E-state index in [4.69, 9.17) is 21.1 Å². The largest absolute Gasteiger partial charge is 0.487 e. The molecule has 1 atom stereocenters. The summed E-state index contributed by atoms with van der Waals surface area (Å²) in [6.07, 6.45) is 4.32. The number of pyridine rings is 1. The minimum absolute atomic E-state index is 0.0571. The number of amides is 2. The second kappa shape index (κ2) is 7.04. The average Bonchev–Trinajstić information content (AvgIpc) is 2.95. The highest BCUT2D eigenvalue weighted by Crippen LogP contribution is 2.25. The zero-order valence-electron chi connectivity index (χ0n) is 12.6. The van der Waals surface area contributed by atoms with Gasteiger partial charge >= 0.3 is 6.09 Å². The molecule has 8 heteroatoms. The standard InChI is InChI=1S/C15H18ClN3O4/c16-12-8-17-4-3-13(12)23-11-2-1-5-18(9-11)14(20)10-19-6-7-22-15(19)21/h3-4,8,11H,1-2,5-7,9-10H2. The Balaban J connectivity index is 1.56. The summed E-state index contributed by atoms with van der Waals surface area (Å²) < 4.78 is 10.7. The molecular weight excluding hydrogens is 322 g/mol. The second-order valence-electron chi connectivity index (χ2n) is 5.56. The zero-order valence-corrected chi connectivity index (χ0v) is 13.4. The number of hydrogen-bond donors (Lipinski definition) is 0. The van der Waals surface area contributed by atoms with Crippen molar-refractivity contribution in [3.05, 3.63) is 23.5 Å². The second-order valence-corrected chi connectivity index (χ2v) is 5.97. The van der Waals surface area contributed by atoms with Gasteiger partial charge in [-0.2, -0.15) is 0 Å². The highest BCUT2D eigenvalue weighted by atomic mass is 35.5. The predicted octanol–water partition coefficient (Wildman–Crippen LogP) is 1.56. The van der Waals surface area contributed by atoms with Crippen LogP contribution in [0.5, 0.6) is 5.75 Å². The van der Waals surface area contributed by atoms with Crippen LogP contribution in [0.25, 0.3) is 0 Å². The Morgan fingerprint density at radius 3 is 3.09 bits per heavy atom. The summed E-state index contributed by atoms with van der Waals surface area (Å²) in [4.78, 5) is 30.8. The van der Waals surface area contributed by atoms with E-state index in [1.807, 2.05) is 0 Å². The molecule has 2 aliphatic heterocycles. The van der Waals surface area contributed by atoms with Gasteiger partial charge < -0.3 is 14.4 Å². The third kappa shape index (κ3) is 3.85. The van der Waals surface area contributed by atoms with E-state index in [-0.39, 0.29) is 18.6 Å². The van der Waals surface area contributed by atoms with Crippen molar-refractivity contribution >= 4 is 23.6 Å². The number of halogens is 1. The summed E-state index contributed by atoms with van der Waals surface area (Å²) in [5.74, 6) is 0.488. The Hall–Kier alpha value is -2.02. The van der Waals surface area contributed by atoms with Gasteiger partial charge in [-0.25, -0.2) is 4.79 Å². The van der Waals surface area contributed by atoms with Crippen LogP contribution >= 0.6 is 11.6 Å². The summed E-state index contributed by atoms with van der Waals surface area (Å²) in [5, 5.41) is 0.454. The third-order valence-corrected chi connectivity index (χ3v) is 4.21. The molecule has 1 aromatic heterocycles. The summed E-state index contributed by atoms with van der Waals surface area (Å²) >= 11 is 6.05. The van der Waals surface area contributed by atoms with Crippen LogP contribution in [-0.2, 0) is 9.53 Å². The summed E-state index contributed by atoms with van der Waals surface area (Å²) in [5.41, 5.74) is 0. The number of aromatic nitrogens is 1. The van der Waals surface area contributed by atoms with E-state index in [0.717, 1.165) is 12.8 Å². The van der Waals surface area contributed by atoms with E-state index in [1.54, 1.807) is 17.2 Å². The molecule has 2 aliphatic rings. The van der Waals surface area contributed by atoms with Gasteiger partial charge in [-0.3, -0.25) is 14.7 Å². The van der Waals surface area contributed by atoms with Crippen molar-refractivity contribution in [2.24, 2.45) is 0 Å². The molecule has 23 heavy (non-hydrogen) atoms. The first-order valence-electron chi connectivity index (χ1n) is 7.59. The van der Waals surface area contributed by atoms with E-state index in [9.17, 15) is 9.59 Å². The van der Waals surface area contributed by atoms with Crippen molar-refractivity contribution in [2.45, 2.75) is 18.9 Å². The molecule has 2 amide bonds. The Labute approximate surface area is 139 Å². The molecule has 1 aromatic rings. The number of carbonyl (C=O) groups is 2. The van der Waals surface area contributed by atoms with Crippen LogP contribution in [0.15, 0.2) is 18.5 Å². The van der Waals surface area contributed by atoms with Crippen molar-refractivity contribution in [3.8, 4) is 5.75 Å². The maximum atomic E-state index is 12.3. The number of carbonyl (C=O) groups excluding carboxylic acids is 2. The van der Waals surface area contributed by atoms with E-state index in [2.05, 4.69) is 4.98 Å². The molecule has 1 unspecified atom stereocenters. The normalized spacial score (nSPS) is 21.3. The fraction of sp³-hybridized carbons (Fsp3) is 0.533. The molecule has 7 nitrogen and oxygen atoms in total. The number of likely N-dealkylation sites (tertiary alicyclic amines) is 1. The van der Waals surface area contributed by atoms with Crippen LogP contribution in [0.1, 0.15) is 12.8 Å². The van der Waals surface area contributed by atoms with Crippen LogP contribution in [0.3, 0.4) is 0 Å². The average molecular weight is 340 g/mol. The van der Waals surface area contributed by atoms with E-state index < -0.39 is 6.09 Å². The number of ether oxygens (including phenoxy) is 2. The molecule has 0 saturated carbocycles. The molecule has 2 saturated heterocycles. The molecular formula is C15H18ClN3O4. The van der Waals surface area contributed by atoms with Crippen LogP contribution in [0, 0.1) is 0 Å². The van der Waals surface area contributed by atoms with Crippen molar-refractivity contribution in [1.82, 2.24) is 14.8 Å². The fourth-order valence-electron chi connectivity index (χ4n) is 2.73. The summed E-state index contributed by atoms with van der Waals surface area (Å²) in [7, 11) is 0. The lowest BCUT2D eigenvalue weighted by Gasteiger charge is -2.33. The SMILES string of the molecule is O=C(CN1CCOC1=O)N1CCCC(Oc2ccncc2Cl)C1. The number of rotatable bonds is 4. The van der Waals surface area contributed by atoms with Crippen molar-refractivity contribution < 1.29 is 19.1 Å². The molecule has 124 valence electrons. The molecule has 0 radical (unpaired) electrons. The Morgan fingerprint density at radius 1 is 1.48 bits per heavy atom. The third-order valence-electron chi connectivity index (χ3n) is 3.93. The van der Waals surface area contributed by atoms with Crippen molar-refractivity contribution in [2.75, 3.05) is 32.8 Å². The minimum atomic E-state index is -0.424. The van der Waals surface area contributed by atoms with Crippen molar-refractivity contribution in [3.63, 3.8) is 0 Å². The van der Waals surface area contributed by atoms with Gasteiger partial charge in [0.1, 0.15) is 30.0 Å². The first-order chi connectivity index (χ1) is 11.1. The van der Waals surface area contributed by atoms with E-state index >= 15 is 0 Å². The van der Waals surface area contributed by atoms with Crippen molar-refractivity contribution in [1.29, 1.82) is 0 Å². The number of hydrogen-bond acceptors (Lipinski definition) is 5. The fourth-order valence-corrected chi connectivity index (χ4v) is 2.89. The highest BCUT2D eigenvalue weighted by Gasteiger charge is 2.29. The lowest BCUT2D eigenvalue weighted by molar-refractivity contribution is -0.134. The molecule has 2 fully saturated rings. The van der Waals surface area contributed by atoms with Gasteiger partial charge in [0.25, 0.3) is 0 Å². The molecule has 3 rings (SSSR count). The molecule has 3 heterocycles. The van der Waals surface area contributed by atoms with Gasteiger partial charge in [-0.1, -0.05) is 11.6 Å². The van der Waals surface area contributed by atoms with Crippen LogP contribution < -0.4 is 4.74 Å². The Bertz CT molecular complexity index is 598. The summed E-state index contributed by atoms with van der Waals surface area (Å²) in [6, 6.07) is 1.71. The quantitative estimate of drug-likeness (QED) is 0.832. The monoisotopic (exact) mass is 339 g/mol. The first-order valence-corrected chi connectivity index (χ1v) is 7.97. The van der Waals surface area contributed by atoms with Gasteiger partial charge in [-0.15, -0.1) is 0 Å². The molecule has 0 aromatic carbocycles. The van der Waals surface area contributed by atoms with Crippen LogP contribution in [-0.4, -0.2) is 65.7 Å². The number of cyclic esters (lactones) is 1. The van der Waals surface area contributed by atoms with Gasteiger partial charge in [-0.05, 0) is 12.8 Å². The number of piperidine rings is 1. The van der Waals surface area contributed by atoms with E-state index in [0.29, 0.717) is 37.0 Å². The van der Waals surface area contributed by atoms with Gasteiger partial charge in [0.05, 0.1) is 13.1 Å². The summed E-state index contributed by atoms with van der Waals surface area (Å²) in [6.45, 7) is 2.02. The lowest BCUT2D eigenvalue weighted by Crippen LogP contribution is -2.48. The first kappa shape index (κ1) is 15.9. The number of nitrogens with zero attached hydrogens (tertiary/aromatic N) is 3. The van der Waals surface area contributed by atoms with Gasteiger partial charge in [0.15, 0.2) is 0 Å². The lowest BCUT2D eigenvalue weighted by atomic mass is 10.1. The minimum Gasteiger partial charge on any atom is -0.487 e. The van der Waals surface area contributed by atoms with Crippen LogP contribution in [0.2, 0.25) is 5.02 Å². The molecule has 0 N–H and O–H groups in total. The maximum absolute atomic E-state index is 12.3. The highest BCUT2D eigenvalue weighted by molar-refractivity contribution is 6.31.